The van der Waals surface area contributed by atoms with E-state index in [0.717, 1.165) is 0 Å². The van der Waals surface area contributed by atoms with Crippen LogP contribution in [0.1, 0.15) is 13.8 Å². The third-order valence-electron chi connectivity index (χ3n) is 1.18. The molecule has 1 aliphatic rings. The van der Waals surface area contributed by atoms with E-state index in [9.17, 15) is 4.79 Å². The van der Waals surface area contributed by atoms with Crippen molar-refractivity contribution in [3.63, 3.8) is 0 Å². The minimum Gasteiger partial charge on any atom is -0.466 e. The number of carbonyl (C=O) groups excluding carboxylic acids is 1. The van der Waals surface area contributed by atoms with Crippen molar-refractivity contribution in [1.82, 2.24) is 0 Å². The van der Waals surface area contributed by atoms with Gasteiger partial charge >= 0.3 is 5.97 Å². The standard InChI is InChI=1S/C6H8O3S/c1-6(2)5(7)8-3-4(10)9-6/h3H2,1-2H3. The van der Waals surface area contributed by atoms with Crippen molar-refractivity contribution in [3.05, 3.63) is 0 Å². The van der Waals surface area contributed by atoms with Crippen LogP contribution in [0.25, 0.3) is 0 Å². The molecule has 0 amide bonds. The van der Waals surface area contributed by atoms with E-state index in [2.05, 4.69) is 0 Å². The van der Waals surface area contributed by atoms with E-state index in [1.165, 1.54) is 0 Å². The summed E-state index contributed by atoms with van der Waals surface area (Å²) in [6, 6.07) is 0. The van der Waals surface area contributed by atoms with Crippen LogP contribution in [-0.2, 0) is 14.3 Å². The number of cyclic esters (lactones) is 1. The maximum atomic E-state index is 10.9. The Morgan fingerprint density at radius 1 is 1.60 bits per heavy atom. The Hall–Kier alpha value is -0.640. The highest BCUT2D eigenvalue weighted by Gasteiger charge is 2.36. The minimum atomic E-state index is -0.894. The van der Waals surface area contributed by atoms with Crippen molar-refractivity contribution >= 4 is 23.2 Å². The Morgan fingerprint density at radius 3 is 2.60 bits per heavy atom. The van der Waals surface area contributed by atoms with Gasteiger partial charge in [-0.2, -0.15) is 0 Å². The normalized spacial score (nSPS) is 23.4. The molecule has 1 heterocycles. The zero-order chi connectivity index (χ0) is 7.78. The lowest BCUT2D eigenvalue weighted by atomic mass is 10.1. The summed E-state index contributed by atoms with van der Waals surface area (Å²) in [5.41, 5.74) is -0.894. The molecule has 0 aliphatic carbocycles. The monoisotopic (exact) mass is 160 g/mol. The van der Waals surface area contributed by atoms with Crippen molar-refractivity contribution in [1.29, 1.82) is 0 Å². The molecule has 0 radical (unpaired) electrons. The van der Waals surface area contributed by atoms with Crippen LogP contribution in [0.5, 0.6) is 0 Å². The second kappa shape index (κ2) is 2.20. The van der Waals surface area contributed by atoms with Gasteiger partial charge in [0, 0.05) is 0 Å². The van der Waals surface area contributed by atoms with Gasteiger partial charge in [0.2, 0.25) is 5.60 Å². The molecule has 0 bridgehead atoms. The van der Waals surface area contributed by atoms with Gasteiger partial charge in [0.15, 0.2) is 11.7 Å². The number of thiocarbonyl (C=S) groups is 1. The van der Waals surface area contributed by atoms with Crippen LogP contribution >= 0.6 is 12.2 Å². The molecular formula is C6H8O3S. The first-order valence-corrected chi connectivity index (χ1v) is 3.32. The predicted molar refractivity (Wildman–Crippen MR) is 38.7 cm³/mol. The fourth-order valence-electron chi connectivity index (χ4n) is 0.654. The van der Waals surface area contributed by atoms with Gasteiger partial charge in [-0.15, -0.1) is 0 Å². The number of esters is 1. The van der Waals surface area contributed by atoms with Crippen LogP contribution in [0.4, 0.5) is 0 Å². The molecule has 1 aliphatic heterocycles. The van der Waals surface area contributed by atoms with E-state index >= 15 is 0 Å². The van der Waals surface area contributed by atoms with Crippen molar-refractivity contribution in [2.24, 2.45) is 0 Å². The summed E-state index contributed by atoms with van der Waals surface area (Å²) in [6.07, 6.45) is 0. The smallest absolute Gasteiger partial charge is 0.350 e. The molecule has 0 atom stereocenters. The van der Waals surface area contributed by atoms with Crippen LogP contribution in [-0.4, -0.2) is 23.2 Å². The second-order valence-electron chi connectivity index (χ2n) is 2.56. The minimum absolute atomic E-state index is 0.109. The second-order valence-corrected chi connectivity index (χ2v) is 3.02. The van der Waals surface area contributed by atoms with Gasteiger partial charge in [-0.3, -0.25) is 0 Å². The largest absolute Gasteiger partial charge is 0.466 e. The van der Waals surface area contributed by atoms with Crippen molar-refractivity contribution in [2.45, 2.75) is 19.4 Å². The molecule has 0 aromatic carbocycles. The Morgan fingerprint density at radius 2 is 2.20 bits per heavy atom. The Kier molecular flexibility index (Phi) is 1.64. The number of carbonyl (C=O) groups is 1. The molecule has 10 heavy (non-hydrogen) atoms. The number of rotatable bonds is 0. The molecule has 1 saturated heterocycles. The molecule has 3 nitrogen and oxygen atoms in total. The summed E-state index contributed by atoms with van der Waals surface area (Å²) >= 11 is 4.71. The first-order chi connectivity index (χ1) is 4.52. The van der Waals surface area contributed by atoms with Crippen molar-refractivity contribution < 1.29 is 14.3 Å². The summed E-state index contributed by atoms with van der Waals surface area (Å²) in [5.74, 6) is -0.360. The van der Waals surface area contributed by atoms with Crippen LogP contribution in [0, 0.1) is 0 Å². The molecule has 4 heteroatoms. The summed E-state index contributed by atoms with van der Waals surface area (Å²) in [4.78, 5) is 10.9. The molecule has 56 valence electrons. The lowest BCUT2D eigenvalue weighted by Gasteiger charge is -2.28. The Labute approximate surface area is 64.3 Å². The topological polar surface area (TPSA) is 35.5 Å². The summed E-state index contributed by atoms with van der Waals surface area (Å²) in [6.45, 7) is 3.36. The predicted octanol–water partition coefficient (Wildman–Crippen LogP) is 0.666. The van der Waals surface area contributed by atoms with Gasteiger partial charge in [0.1, 0.15) is 0 Å². The average Bonchev–Trinajstić information content (AvgIpc) is 1.78. The first-order valence-electron chi connectivity index (χ1n) is 2.91. The molecule has 0 saturated carbocycles. The summed E-state index contributed by atoms with van der Waals surface area (Å²) in [7, 11) is 0. The number of hydrogen-bond acceptors (Lipinski definition) is 4. The zero-order valence-electron chi connectivity index (χ0n) is 5.84. The third kappa shape index (κ3) is 1.26. The Balaban J connectivity index is 2.73. The van der Waals surface area contributed by atoms with Gasteiger partial charge in [-0.05, 0) is 26.1 Å². The maximum Gasteiger partial charge on any atom is 0.350 e. The van der Waals surface area contributed by atoms with Crippen molar-refractivity contribution in [3.8, 4) is 0 Å². The van der Waals surface area contributed by atoms with E-state index in [1.54, 1.807) is 13.8 Å². The molecule has 0 N–H and O–H groups in total. The highest BCUT2D eigenvalue weighted by Crippen LogP contribution is 2.16. The van der Waals surface area contributed by atoms with E-state index in [-0.39, 0.29) is 12.6 Å². The first kappa shape index (κ1) is 7.47. The highest BCUT2D eigenvalue weighted by molar-refractivity contribution is 7.80. The molecule has 0 aromatic rings. The molecule has 1 fully saturated rings. The van der Waals surface area contributed by atoms with Crippen LogP contribution in [0.2, 0.25) is 0 Å². The maximum absolute atomic E-state index is 10.9. The van der Waals surface area contributed by atoms with E-state index in [4.69, 9.17) is 21.7 Å². The third-order valence-corrected chi connectivity index (χ3v) is 1.38. The molecule has 0 spiro atoms. The van der Waals surface area contributed by atoms with Crippen molar-refractivity contribution in [2.75, 3.05) is 6.61 Å². The molecular weight excluding hydrogens is 152 g/mol. The van der Waals surface area contributed by atoms with E-state index in [1.807, 2.05) is 0 Å². The fourth-order valence-corrected chi connectivity index (χ4v) is 0.921. The van der Waals surface area contributed by atoms with E-state index < -0.39 is 5.60 Å². The molecule has 0 aromatic heterocycles. The van der Waals surface area contributed by atoms with Gasteiger partial charge in [0.05, 0.1) is 0 Å². The number of hydrogen-bond donors (Lipinski definition) is 0. The average molecular weight is 160 g/mol. The Bertz CT molecular complexity index is 185. The fraction of sp³-hybridized carbons (Fsp3) is 0.667. The zero-order valence-corrected chi connectivity index (χ0v) is 6.66. The lowest BCUT2D eigenvalue weighted by Crippen LogP contribution is -2.44. The van der Waals surface area contributed by atoms with Gasteiger partial charge in [-0.1, -0.05) is 0 Å². The van der Waals surface area contributed by atoms with Gasteiger partial charge in [0.25, 0.3) is 0 Å². The summed E-state index contributed by atoms with van der Waals surface area (Å²) < 4.78 is 9.74. The molecule has 0 unspecified atom stereocenters. The highest BCUT2D eigenvalue weighted by atomic mass is 32.1. The SMILES string of the molecule is CC1(C)OC(=S)COC1=O. The van der Waals surface area contributed by atoms with Crippen LogP contribution in [0.3, 0.4) is 0 Å². The summed E-state index contributed by atoms with van der Waals surface area (Å²) in [5, 5.41) is 0.338. The van der Waals surface area contributed by atoms with E-state index in [0.29, 0.717) is 5.05 Å². The number of ether oxygens (including phenoxy) is 2. The molecule has 1 rings (SSSR count). The quantitative estimate of drug-likeness (QED) is 0.385. The van der Waals surface area contributed by atoms with Gasteiger partial charge in [-0.25, -0.2) is 4.79 Å². The van der Waals surface area contributed by atoms with Gasteiger partial charge < -0.3 is 9.47 Å². The lowest BCUT2D eigenvalue weighted by molar-refractivity contribution is -0.164. The van der Waals surface area contributed by atoms with Crippen LogP contribution in [0.15, 0.2) is 0 Å². The van der Waals surface area contributed by atoms with Crippen LogP contribution < -0.4 is 0 Å².